The minimum Gasteiger partial charge on any atom is -0.493 e. The number of rotatable bonds is 6. The monoisotopic (exact) mass is 209 g/mol. The van der Waals surface area contributed by atoms with Crippen molar-refractivity contribution >= 4 is 5.69 Å². The molecule has 0 amide bonds. The highest BCUT2D eigenvalue weighted by Gasteiger charge is 2.02. The van der Waals surface area contributed by atoms with Crippen molar-refractivity contribution in [2.24, 2.45) is 0 Å². The normalized spacial score (nSPS) is 10.0. The Morgan fingerprint density at radius 2 is 2.00 bits per heavy atom. The van der Waals surface area contributed by atoms with Crippen LogP contribution in [-0.4, -0.2) is 13.2 Å². The molecule has 84 valence electrons. The van der Waals surface area contributed by atoms with Gasteiger partial charge in [-0.1, -0.05) is 13.3 Å². The Bertz CT molecular complexity index is 300. The van der Waals surface area contributed by atoms with Crippen LogP contribution in [0.25, 0.3) is 0 Å². The van der Waals surface area contributed by atoms with E-state index in [1.165, 1.54) is 0 Å². The largest absolute Gasteiger partial charge is 0.493 e. The van der Waals surface area contributed by atoms with Gasteiger partial charge in [0.25, 0.3) is 0 Å². The van der Waals surface area contributed by atoms with Crippen molar-refractivity contribution < 1.29 is 9.47 Å². The summed E-state index contributed by atoms with van der Waals surface area (Å²) in [5.41, 5.74) is 6.40. The summed E-state index contributed by atoms with van der Waals surface area (Å²) in [6.07, 6.45) is 2.20. The molecule has 15 heavy (non-hydrogen) atoms. The molecule has 3 nitrogen and oxygen atoms in total. The fraction of sp³-hybridized carbons (Fsp3) is 0.500. The molecule has 0 bridgehead atoms. The standard InChI is InChI=1S/C12H19NO2/c1-3-5-8-15-10-6-7-11(13)12(9-10)14-4-2/h6-7,9H,3-5,8,13H2,1-2H3. The third-order valence-corrected chi connectivity index (χ3v) is 2.05. The zero-order valence-corrected chi connectivity index (χ0v) is 9.45. The highest BCUT2D eigenvalue weighted by atomic mass is 16.5. The molecule has 1 aromatic carbocycles. The van der Waals surface area contributed by atoms with E-state index in [2.05, 4.69) is 6.92 Å². The van der Waals surface area contributed by atoms with Gasteiger partial charge < -0.3 is 15.2 Å². The first-order valence-electron chi connectivity index (χ1n) is 5.43. The summed E-state index contributed by atoms with van der Waals surface area (Å²) in [4.78, 5) is 0. The molecular weight excluding hydrogens is 190 g/mol. The second-order valence-electron chi connectivity index (χ2n) is 3.33. The molecule has 3 heteroatoms. The van der Waals surface area contributed by atoms with Gasteiger partial charge in [0.15, 0.2) is 0 Å². The van der Waals surface area contributed by atoms with Crippen LogP contribution >= 0.6 is 0 Å². The van der Waals surface area contributed by atoms with Crippen LogP contribution in [0, 0.1) is 0 Å². The molecule has 0 aliphatic heterocycles. The van der Waals surface area contributed by atoms with Crippen LogP contribution in [0.15, 0.2) is 18.2 Å². The molecule has 0 saturated heterocycles. The number of anilines is 1. The molecule has 0 unspecified atom stereocenters. The van der Waals surface area contributed by atoms with Crippen molar-refractivity contribution in [1.29, 1.82) is 0 Å². The summed E-state index contributed by atoms with van der Waals surface area (Å²) in [5, 5.41) is 0. The zero-order valence-electron chi connectivity index (χ0n) is 9.45. The van der Waals surface area contributed by atoms with Gasteiger partial charge in [-0.25, -0.2) is 0 Å². The third kappa shape index (κ3) is 3.70. The fourth-order valence-electron chi connectivity index (χ4n) is 1.22. The lowest BCUT2D eigenvalue weighted by Crippen LogP contribution is -2.00. The van der Waals surface area contributed by atoms with E-state index in [4.69, 9.17) is 15.2 Å². The summed E-state index contributed by atoms with van der Waals surface area (Å²) in [7, 11) is 0. The number of nitrogen functional groups attached to an aromatic ring is 1. The smallest absolute Gasteiger partial charge is 0.145 e. The second kappa shape index (κ2) is 6.17. The first-order valence-corrected chi connectivity index (χ1v) is 5.43. The molecule has 0 aromatic heterocycles. The van der Waals surface area contributed by atoms with Crippen LogP contribution in [0.4, 0.5) is 5.69 Å². The lowest BCUT2D eigenvalue weighted by molar-refractivity contribution is 0.303. The fourth-order valence-corrected chi connectivity index (χ4v) is 1.22. The van der Waals surface area contributed by atoms with Crippen LogP contribution < -0.4 is 15.2 Å². The molecule has 2 N–H and O–H groups in total. The van der Waals surface area contributed by atoms with E-state index >= 15 is 0 Å². The maximum Gasteiger partial charge on any atom is 0.145 e. The highest BCUT2D eigenvalue weighted by Crippen LogP contribution is 2.26. The van der Waals surface area contributed by atoms with Gasteiger partial charge in [0.05, 0.1) is 18.9 Å². The molecule has 1 aromatic rings. The number of benzene rings is 1. The Kier molecular flexibility index (Phi) is 4.81. The van der Waals surface area contributed by atoms with Crippen molar-refractivity contribution in [2.45, 2.75) is 26.7 Å². The maximum absolute atomic E-state index is 5.75. The molecule has 0 heterocycles. The maximum atomic E-state index is 5.75. The van der Waals surface area contributed by atoms with Gasteiger partial charge in [0.2, 0.25) is 0 Å². The number of ether oxygens (including phenoxy) is 2. The minimum atomic E-state index is 0.614. The minimum absolute atomic E-state index is 0.614. The van der Waals surface area contributed by atoms with E-state index < -0.39 is 0 Å². The average molecular weight is 209 g/mol. The first-order chi connectivity index (χ1) is 7.27. The predicted molar refractivity (Wildman–Crippen MR) is 62.4 cm³/mol. The van der Waals surface area contributed by atoms with Gasteiger partial charge in [-0.2, -0.15) is 0 Å². The summed E-state index contributed by atoms with van der Waals surface area (Å²) < 4.78 is 10.9. The Labute approximate surface area is 91.2 Å². The van der Waals surface area contributed by atoms with Gasteiger partial charge in [0.1, 0.15) is 11.5 Å². The molecule has 1 rings (SSSR count). The average Bonchev–Trinajstić information content (AvgIpc) is 2.23. The Balaban J connectivity index is 2.61. The molecule has 0 spiro atoms. The summed E-state index contributed by atoms with van der Waals surface area (Å²) in [6.45, 7) is 5.43. The summed E-state index contributed by atoms with van der Waals surface area (Å²) in [6, 6.07) is 5.52. The number of nitrogens with two attached hydrogens (primary N) is 1. The van der Waals surface area contributed by atoms with Gasteiger partial charge in [-0.15, -0.1) is 0 Å². The first kappa shape index (κ1) is 11.7. The quantitative estimate of drug-likeness (QED) is 0.578. The zero-order chi connectivity index (χ0) is 11.1. The van der Waals surface area contributed by atoms with E-state index in [0.29, 0.717) is 18.0 Å². The summed E-state index contributed by atoms with van der Waals surface area (Å²) in [5.74, 6) is 1.52. The molecule has 0 fully saturated rings. The van der Waals surface area contributed by atoms with Crippen LogP contribution in [0.2, 0.25) is 0 Å². The number of hydrogen-bond donors (Lipinski definition) is 1. The molecule has 0 aliphatic carbocycles. The van der Waals surface area contributed by atoms with Crippen LogP contribution in [-0.2, 0) is 0 Å². The van der Waals surface area contributed by atoms with E-state index in [9.17, 15) is 0 Å². The highest BCUT2D eigenvalue weighted by molar-refractivity contribution is 5.55. The summed E-state index contributed by atoms with van der Waals surface area (Å²) >= 11 is 0. The van der Waals surface area contributed by atoms with E-state index in [1.54, 1.807) is 0 Å². The molecule has 0 saturated carbocycles. The van der Waals surface area contributed by atoms with E-state index in [1.807, 2.05) is 25.1 Å². The van der Waals surface area contributed by atoms with Crippen molar-refractivity contribution in [3.05, 3.63) is 18.2 Å². The number of hydrogen-bond acceptors (Lipinski definition) is 3. The van der Waals surface area contributed by atoms with Gasteiger partial charge >= 0.3 is 0 Å². The second-order valence-corrected chi connectivity index (χ2v) is 3.33. The van der Waals surface area contributed by atoms with Gasteiger partial charge in [0, 0.05) is 6.07 Å². The van der Waals surface area contributed by atoms with Crippen molar-refractivity contribution in [2.75, 3.05) is 18.9 Å². The van der Waals surface area contributed by atoms with E-state index in [0.717, 1.165) is 25.2 Å². The predicted octanol–water partition coefficient (Wildman–Crippen LogP) is 2.85. The molecule has 0 radical (unpaired) electrons. The Hall–Kier alpha value is -1.38. The topological polar surface area (TPSA) is 44.5 Å². The molecule has 0 atom stereocenters. The van der Waals surface area contributed by atoms with Gasteiger partial charge in [-0.05, 0) is 25.5 Å². The molecular formula is C12H19NO2. The van der Waals surface area contributed by atoms with Crippen LogP contribution in [0.3, 0.4) is 0 Å². The molecule has 0 aliphatic rings. The van der Waals surface area contributed by atoms with E-state index in [-0.39, 0.29) is 0 Å². The van der Waals surface area contributed by atoms with Crippen molar-refractivity contribution in [1.82, 2.24) is 0 Å². The van der Waals surface area contributed by atoms with Crippen molar-refractivity contribution in [3.63, 3.8) is 0 Å². The van der Waals surface area contributed by atoms with Gasteiger partial charge in [-0.3, -0.25) is 0 Å². The lowest BCUT2D eigenvalue weighted by atomic mass is 10.3. The van der Waals surface area contributed by atoms with Crippen molar-refractivity contribution in [3.8, 4) is 11.5 Å². The Morgan fingerprint density at radius 3 is 2.67 bits per heavy atom. The number of unbranched alkanes of at least 4 members (excludes halogenated alkanes) is 1. The lowest BCUT2D eigenvalue weighted by Gasteiger charge is -2.10. The Morgan fingerprint density at radius 1 is 1.20 bits per heavy atom. The van der Waals surface area contributed by atoms with Crippen LogP contribution in [0.5, 0.6) is 11.5 Å². The van der Waals surface area contributed by atoms with Crippen LogP contribution in [0.1, 0.15) is 26.7 Å². The third-order valence-electron chi connectivity index (χ3n) is 2.05. The SMILES string of the molecule is CCCCOc1ccc(N)c(OCC)c1.